The average molecular weight is 364 g/mol. The van der Waals surface area contributed by atoms with Crippen molar-refractivity contribution in [2.75, 3.05) is 13.1 Å². The van der Waals surface area contributed by atoms with Gasteiger partial charge in [0, 0.05) is 25.2 Å². The third-order valence-corrected chi connectivity index (χ3v) is 4.92. The molecule has 2 unspecified atom stereocenters. The van der Waals surface area contributed by atoms with Gasteiger partial charge < -0.3 is 9.64 Å². The minimum Gasteiger partial charge on any atom is -0.372 e. The third kappa shape index (κ3) is 3.32. The highest BCUT2D eigenvalue weighted by Crippen LogP contribution is 2.26. The number of pyridine rings is 1. The molecule has 0 saturated carbocycles. The van der Waals surface area contributed by atoms with E-state index in [-0.39, 0.29) is 18.1 Å². The fraction of sp³-hybridized carbons (Fsp3) is 0.381. The SMILES string of the molecule is CCn1ncc2c(C(=O)N3CC(C)OC(C)C3)cc(-c3ccccc3)nc21. The van der Waals surface area contributed by atoms with E-state index < -0.39 is 0 Å². The molecule has 1 aliphatic heterocycles. The van der Waals surface area contributed by atoms with Gasteiger partial charge in [-0.15, -0.1) is 0 Å². The number of nitrogens with zero attached hydrogens (tertiary/aromatic N) is 4. The Morgan fingerprint density at radius 3 is 2.56 bits per heavy atom. The normalized spacial score (nSPS) is 20.2. The fourth-order valence-corrected chi connectivity index (χ4v) is 3.73. The van der Waals surface area contributed by atoms with Crippen LogP contribution in [0.25, 0.3) is 22.3 Å². The summed E-state index contributed by atoms with van der Waals surface area (Å²) in [6.07, 6.45) is 1.81. The van der Waals surface area contributed by atoms with Gasteiger partial charge >= 0.3 is 0 Å². The lowest BCUT2D eigenvalue weighted by atomic mass is 10.1. The number of aromatic nitrogens is 3. The van der Waals surface area contributed by atoms with Crippen LogP contribution in [0.1, 0.15) is 31.1 Å². The van der Waals surface area contributed by atoms with Crippen LogP contribution in [0.15, 0.2) is 42.6 Å². The molecule has 0 bridgehead atoms. The van der Waals surface area contributed by atoms with E-state index in [1.165, 1.54) is 0 Å². The molecule has 6 heteroatoms. The summed E-state index contributed by atoms with van der Waals surface area (Å²) in [5, 5.41) is 5.22. The molecule has 0 aliphatic carbocycles. The van der Waals surface area contributed by atoms with Crippen LogP contribution < -0.4 is 0 Å². The maximum Gasteiger partial charge on any atom is 0.254 e. The lowest BCUT2D eigenvalue weighted by Crippen LogP contribution is -2.48. The number of fused-ring (bicyclic) bond motifs is 1. The first kappa shape index (κ1) is 17.7. The van der Waals surface area contributed by atoms with Gasteiger partial charge in [0.2, 0.25) is 0 Å². The molecule has 3 heterocycles. The zero-order valence-corrected chi connectivity index (χ0v) is 15.9. The van der Waals surface area contributed by atoms with E-state index >= 15 is 0 Å². The zero-order valence-electron chi connectivity index (χ0n) is 15.9. The summed E-state index contributed by atoms with van der Waals surface area (Å²) in [6, 6.07) is 11.8. The third-order valence-electron chi connectivity index (χ3n) is 4.92. The predicted octanol–water partition coefficient (Wildman–Crippen LogP) is 3.37. The molecular formula is C21H24N4O2. The molecule has 1 aromatic carbocycles. The first-order valence-corrected chi connectivity index (χ1v) is 9.43. The number of rotatable bonds is 3. The monoisotopic (exact) mass is 364 g/mol. The van der Waals surface area contributed by atoms with Gasteiger partial charge in [0.25, 0.3) is 5.91 Å². The standard InChI is InChI=1S/C21H24N4O2/c1-4-25-20-18(11-22-25)17(10-19(23-20)16-8-6-5-7-9-16)21(26)24-12-14(2)27-15(3)13-24/h5-11,14-15H,4,12-13H2,1-3H3. The first-order chi connectivity index (χ1) is 13.1. The van der Waals surface area contributed by atoms with Crippen molar-refractivity contribution in [2.45, 2.75) is 39.5 Å². The Labute approximate surface area is 158 Å². The molecule has 1 amide bonds. The summed E-state index contributed by atoms with van der Waals surface area (Å²) in [5.41, 5.74) is 3.17. The lowest BCUT2D eigenvalue weighted by molar-refractivity contribution is -0.0585. The summed E-state index contributed by atoms with van der Waals surface area (Å²) < 4.78 is 7.62. The number of carbonyl (C=O) groups is 1. The summed E-state index contributed by atoms with van der Waals surface area (Å²) in [4.78, 5) is 20.1. The number of aryl methyl sites for hydroxylation is 1. The van der Waals surface area contributed by atoms with Crippen LogP contribution in [-0.4, -0.2) is 50.9 Å². The Morgan fingerprint density at radius 1 is 1.19 bits per heavy atom. The number of morpholine rings is 1. The van der Waals surface area contributed by atoms with Gasteiger partial charge in [-0.05, 0) is 26.8 Å². The molecule has 140 valence electrons. The molecule has 3 aromatic rings. The summed E-state index contributed by atoms with van der Waals surface area (Å²) in [6.45, 7) is 7.92. The van der Waals surface area contributed by atoms with Crippen LogP contribution in [0.4, 0.5) is 0 Å². The molecular weight excluding hydrogens is 340 g/mol. The van der Waals surface area contributed by atoms with E-state index in [2.05, 4.69) is 5.10 Å². The molecule has 6 nitrogen and oxygen atoms in total. The van der Waals surface area contributed by atoms with Crippen molar-refractivity contribution in [1.82, 2.24) is 19.7 Å². The van der Waals surface area contributed by atoms with E-state index in [9.17, 15) is 4.79 Å². The molecule has 1 aliphatic rings. The van der Waals surface area contributed by atoms with Gasteiger partial charge in [0.1, 0.15) is 0 Å². The highest BCUT2D eigenvalue weighted by molar-refractivity contribution is 6.06. The van der Waals surface area contributed by atoms with E-state index in [0.717, 1.165) is 22.3 Å². The van der Waals surface area contributed by atoms with Gasteiger partial charge in [0.05, 0.1) is 35.0 Å². The molecule has 2 aromatic heterocycles. The average Bonchev–Trinajstić information content (AvgIpc) is 3.09. The van der Waals surface area contributed by atoms with Crippen LogP contribution in [0.2, 0.25) is 0 Å². The Balaban J connectivity index is 1.83. The Hall–Kier alpha value is -2.73. The quantitative estimate of drug-likeness (QED) is 0.715. The van der Waals surface area contributed by atoms with Crippen molar-refractivity contribution >= 4 is 16.9 Å². The molecule has 0 N–H and O–H groups in total. The lowest BCUT2D eigenvalue weighted by Gasteiger charge is -2.35. The molecule has 4 rings (SSSR count). The van der Waals surface area contributed by atoms with Crippen LogP contribution in [-0.2, 0) is 11.3 Å². The number of carbonyl (C=O) groups excluding carboxylic acids is 1. The molecule has 1 saturated heterocycles. The Bertz CT molecular complexity index is 957. The van der Waals surface area contributed by atoms with Crippen molar-refractivity contribution in [2.24, 2.45) is 0 Å². The van der Waals surface area contributed by atoms with Crippen molar-refractivity contribution in [1.29, 1.82) is 0 Å². The fourth-order valence-electron chi connectivity index (χ4n) is 3.73. The number of ether oxygens (including phenoxy) is 1. The van der Waals surface area contributed by atoms with Crippen molar-refractivity contribution in [3.05, 3.63) is 48.2 Å². The number of hydrogen-bond acceptors (Lipinski definition) is 4. The minimum absolute atomic E-state index is 0.0113. The van der Waals surface area contributed by atoms with Gasteiger partial charge in [-0.2, -0.15) is 5.10 Å². The van der Waals surface area contributed by atoms with Gasteiger partial charge in [-0.25, -0.2) is 9.67 Å². The van der Waals surface area contributed by atoms with Crippen molar-refractivity contribution < 1.29 is 9.53 Å². The Morgan fingerprint density at radius 2 is 1.89 bits per heavy atom. The first-order valence-electron chi connectivity index (χ1n) is 9.43. The highest BCUT2D eigenvalue weighted by atomic mass is 16.5. The van der Waals surface area contributed by atoms with Crippen LogP contribution in [0, 0.1) is 0 Å². The van der Waals surface area contributed by atoms with E-state index in [0.29, 0.717) is 25.2 Å². The van der Waals surface area contributed by atoms with E-state index in [1.54, 1.807) is 6.20 Å². The maximum atomic E-state index is 13.4. The second kappa shape index (κ2) is 7.12. The molecule has 0 radical (unpaired) electrons. The smallest absolute Gasteiger partial charge is 0.254 e. The minimum atomic E-state index is 0.0113. The number of benzene rings is 1. The van der Waals surface area contributed by atoms with E-state index in [4.69, 9.17) is 9.72 Å². The predicted molar refractivity (Wildman–Crippen MR) is 105 cm³/mol. The van der Waals surface area contributed by atoms with Crippen molar-refractivity contribution in [3.63, 3.8) is 0 Å². The molecule has 1 fully saturated rings. The van der Waals surface area contributed by atoms with Crippen LogP contribution in [0.5, 0.6) is 0 Å². The summed E-state index contributed by atoms with van der Waals surface area (Å²) in [7, 11) is 0. The van der Waals surface area contributed by atoms with Crippen LogP contribution >= 0.6 is 0 Å². The molecule has 2 atom stereocenters. The highest BCUT2D eigenvalue weighted by Gasteiger charge is 2.28. The largest absolute Gasteiger partial charge is 0.372 e. The number of amides is 1. The maximum absolute atomic E-state index is 13.4. The second-order valence-corrected chi connectivity index (χ2v) is 7.09. The van der Waals surface area contributed by atoms with Gasteiger partial charge in [-0.3, -0.25) is 4.79 Å². The van der Waals surface area contributed by atoms with Gasteiger partial charge in [-0.1, -0.05) is 30.3 Å². The second-order valence-electron chi connectivity index (χ2n) is 7.09. The van der Waals surface area contributed by atoms with Crippen LogP contribution in [0.3, 0.4) is 0 Å². The molecule has 0 spiro atoms. The van der Waals surface area contributed by atoms with Crippen molar-refractivity contribution in [3.8, 4) is 11.3 Å². The topological polar surface area (TPSA) is 60.2 Å². The summed E-state index contributed by atoms with van der Waals surface area (Å²) in [5.74, 6) is 0.0113. The number of hydrogen-bond donors (Lipinski definition) is 0. The Kier molecular flexibility index (Phi) is 4.66. The summed E-state index contributed by atoms with van der Waals surface area (Å²) >= 11 is 0. The zero-order chi connectivity index (χ0) is 19.0. The van der Waals surface area contributed by atoms with Gasteiger partial charge in [0.15, 0.2) is 5.65 Å². The van der Waals surface area contributed by atoms with E-state index in [1.807, 2.05) is 66.8 Å². The molecule has 27 heavy (non-hydrogen) atoms.